The summed E-state index contributed by atoms with van der Waals surface area (Å²) < 4.78 is 1.82. The highest BCUT2D eigenvalue weighted by Gasteiger charge is 2.06. The Kier molecular flexibility index (Phi) is 3.39. The van der Waals surface area contributed by atoms with E-state index in [9.17, 15) is 0 Å². The summed E-state index contributed by atoms with van der Waals surface area (Å²) in [6.45, 7) is 2.17. The lowest BCUT2D eigenvalue weighted by Crippen LogP contribution is -1.95. The lowest BCUT2D eigenvalue weighted by atomic mass is 10.00. The summed E-state index contributed by atoms with van der Waals surface area (Å²) >= 11 is 0. The molecule has 0 saturated heterocycles. The number of rotatable bonds is 3. The summed E-state index contributed by atoms with van der Waals surface area (Å²) in [5.74, 6) is 0. The maximum absolute atomic E-state index is 4.32. The second kappa shape index (κ2) is 5.69. The summed E-state index contributed by atoms with van der Waals surface area (Å²) in [7, 11) is 0. The normalized spacial score (nSPS) is 11.0. The fourth-order valence-electron chi connectivity index (χ4n) is 2.79. The predicted octanol–water partition coefficient (Wildman–Crippen LogP) is 4.43. The zero-order chi connectivity index (χ0) is 15.6. The maximum Gasteiger partial charge on any atom is 0.163 e. The van der Waals surface area contributed by atoms with Crippen LogP contribution in [0.2, 0.25) is 0 Å². The second-order valence-corrected chi connectivity index (χ2v) is 5.49. The van der Waals surface area contributed by atoms with Gasteiger partial charge in [-0.15, -0.1) is 0 Å². The van der Waals surface area contributed by atoms with Gasteiger partial charge in [0.2, 0.25) is 0 Å². The van der Waals surface area contributed by atoms with Crippen LogP contribution in [-0.2, 0) is 6.42 Å². The molecule has 0 fully saturated rings. The Morgan fingerprint density at radius 1 is 0.957 bits per heavy atom. The Balaban J connectivity index is 1.80. The molecule has 4 aromatic rings. The largest absolute Gasteiger partial charge is 0.236 e. The van der Waals surface area contributed by atoms with Crippen molar-refractivity contribution in [2.75, 3.05) is 0 Å². The molecule has 111 valence electrons. The standard InChI is InChI=1S/C20H16N3/c1-2-15-6-8-16(9-7-15)17-4-3-5-18(14-17)19-10-12-21-20-11-13-22-23(19)20/h3-10,12-14H,2H2,1H3. The molecule has 23 heavy (non-hydrogen) atoms. The Morgan fingerprint density at radius 3 is 2.61 bits per heavy atom. The molecule has 0 atom stereocenters. The number of nitrogens with zero attached hydrogens (tertiary/aromatic N) is 3. The van der Waals surface area contributed by atoms with Crippen molar-refractivity contribution in [2.45, 2.75) is 13.3 Å². The summed E-state index contributed by atoms with van der Waals surface area (Å²) in [5, 5.41) is 4.32. The van der Waals surface area contributed by atoms with Crippen molar-refractivity contribution in [1.29, 1.82) is 0 Å². The van der Waals surface area contributed by atoms with Crippen molar-refractivity contribution in [2.24, 2.45) is 0 Å². The van der Waals surface area contributed by atoms with Crippen LogP contribution in [0.25, 0.3) is 28.0 Å². The van der Waals surface area contributed by atoms with E-state index in [2.05, 4.69) is 71.6 Å². The van der Waals surface area contributed by atoms with E-state index >= 15 is 0 Å². The van der Waals surface area contributed by atoms with Gasteiger partial charge in [-0.2, -0.15) is 5.10 Å². The highest BCUT2D eigenvalue weighted by atomic mass is 15.2. The first-order valence-electron chi connectivity index (χ1n) is 7.75. The van der Waals surface area contributed by atoms with Gasteiger partial charge in [0, 0.05) is 11.8 Å². The number of aryl methyl sites for hydroxylation is 1. The third-order valence-electron chi connectivity index (χ3n) is 4.08. The monoisotopic (exact) mass is 298 g/mol. The van der Waals surface area contributed by atoms with Crippen LogP contribution in [0.3, 0.4) is 0 Å². The van der Waals surface area contributed by atoms with Crippen LogP contribution in [0.15, 0.2) is 67.0 Å². The van der Waals surface area contributed by atoms with E-state index < -0.39 is 0 Å². The molecule has 0 saturated carbocycles. The molecule has 0 bridgehead atoms. The highest BCUT2D eigenvalue weighted by molar-refractivity contribution is 5.72. The summed E-state index contributed by atoms with van der Waals surface area (Å²) in [4.78, 5) is 4.27. The number of aromatic nitrogens is 3. The molecule has 0 unspecified atom stereocenters. The van der Waals surface area contributed by atoms with Gasteiger partial charge in [-0.3, -0.25) is 0 Å². The van der Waals surface area contributed by atoms with E-state index in [0.29, 0.717) is 0 Å². The third kappa shape index (κ3) is 2.50. The molecule has 0 aliphatic heterocycles. The molecule has 0 aliphatic carbocycles. The van der Waals surface area contributed by atoms with E-state index in [1.54, 1.807) is 12.4 Å². The van der Waals surface area contributed by atoms with Crippen molar-refractivity contribution in [3.63, 3.8) is 0 Å². The molecule has 2 aromatic heterocycles. The zero-order valence-electron chi connectivity index (χ0n) is 12.9. The van der Waals surface area contributed by atoms with E-state index in [1.807, 2.05) is 10.6 Å². The number of hydrogen-bond donors (Lipinski definition) is 0. The minimum atomic E-state index is 0.736. The quantitative estimate of drug-likeness (QED) is 0.560. The summed E-state index contributed by atoms with van der Waals surface area (Å²) in [6.07, 6.45) is 4.51. The predicted molar refractivity (Wildman–Crippen MR) is 92.1 cm³/mol. The Bertz CT molecular complexity index is 952. The van der Waals surface area contributed by atoms with Crippen molar-refractivity contribution in [3.05, 3.63) is 78.6 Å². The average Bonchev–Trinajstić information content (AvgIpc) is 3.10. The van der Waals surface area contributed by atoms with Crippen molar-refractivity contribution >= 4 is 5.65 Å². The second-order valence-electron chi connectivity index (χ2n) is 5.49. The van der Waals surface area contributed by atoms with Gasteiger partial charge in [0.15, 0.2) is 5.65 Å². The lowest BCUT2D eigenvalue weighted by Gasteiger charge is -2.08. The van der Waals surface area contributed by atoms with E-state index in [1.165, 1.54) is 16.7 Å². The topological polar surface area (TPSA) is 30.2 Å². The first-order chi connectivity index (χ1) is 11.3. The van der Waals surface area contributed by atoms with Gasteiger partial charge in [0.05, 0.1) is 18.0 Å². The molecule has 1 radical (unpaired) electrons. The molecular formula is C20H16N3. The minimum absolute atomic E-state index is 0.736. The van der Waals surface area contributed by atoms with E-state index in [-0.39, 0.29) is 0 Å². The smallest absolute Gasteiger partial charge is 0.163 e. The van der Waals surface area contributed by atoms with Gasteiger partial charge >= 0.3 is 0 Å². The van der Waals surface area contributed by atoms with Crippen molar-refractivity contribution < 1.29 is 0 Å². The zero-order valence-corrected chi connectivity index (χ0v) is 12.9. The van der Waals surface area contributed by atoms with E-state index in [0.717, 1.165) is 23.3 Å². The molecule has 0 N–H and O–H groups in total. The SMILES string of the molecule is CCc1ccc(-c2cccc(-c3ccnc4[c]cnn34)c2)cc1. The van der Waals surface area contributed by atoms with E-state index in [4.69, 9.17) is 0 Å². The van der Waals surface area contributed by atoms with Crippen LogP contribution < -0.4 is 0 Å². The van der Waals surface area contributed by atoms with Crippen LogP contribution in [0, 0.1) is 6.07 Å². The fourth-order valence-corrected chi connectivity index (χ4v) is 2.79. The molecule has 0 aliphatic rings. The number of benzene rings is 2. The maximum atomic E-state index is 4.32. The molecule has 0 spiro atoms. The van der Waals surface area contributed by atoms with Gasteiger partial charge in [-0.1, -0.05) is 49.4 Å². The highest BCUT2D eigenvalue weighted by Crippen LogP contribution is 2.26. The number of fused-ring (bicyclic) bond motifs is 1. The van der Waals surface area contributed by atoms with Crippen molar-refractivity contribution in [3.8, 4) is 22.4 Å². The van der Waals surface area contributed by atoms with Crippen LogP contribution in [0.1, 0.15) is 12.5 Å². The fraction of sp³-hybridized carbons (Fsp3) is 0.100. The molecular weight excluding hydrogens is 282 g/mol. The molecule has 2 heterocycles. The number of hydrogen-bond acceptors (Lipinski definition) is 2. The average molecular weight is 298 g/mol. The van der Waals surface area contributed by atoms with Gasteiger partial charge in [0.1, 0.15) is 0 Å². The summed E-state index contributed by atoms with van der Waals surface area (Å²) in [5.41, 5.74) is 6.65. The van der Waals surface area contributed by atoms with Crippen LogP contribution in [-0.4, -0.2) is 14.6 Å². The third-order valence-corrected chi connectivity index (χ3v) is 4.08. The Morgan fingerprint density at radius 2 is 1.78 bits per heavy atom. The Labute approximate surface area is 135 Å². The molecule has 0 amide bonds. The van der Waals surface area contributed by atoms with Gasteiger partial charge < -0.3 is 0 Å². The molecule has 3 heteroatoms. The molecule has 2 aromatic carbocycles. The minimum Gasteiger partial charge on any atom is -0.236 e. The van der Waals surface area contributed by atoms with Gasteiger partial charge in [-0.05, 0) is 35.2 Å². The van der Waals surface area contributed by atoms with Crippen molar-refractivity contribution in [1.82, 2.24) is 14.6 Å². The Hall–Kier alpha value is -2.94. The van der Waals surface area contributed by atoms with Crippen LogP contribution in [0.4, 0.5) is 0 Å². The summed E-state index contributed by atoms with van der Waals surface area (Å²) in [6, 6.07) is 22.3. The van der Waals surface area contributed by atoms with Crippen LogP contribution >= 0.6 is 0 Å². The first kappa shape index (κ1) is 13.7. The van der Waals surface area contributed by atoms with Gasteiger partial charge in [0.25, 0.3) is 0 Å². The first-order valence-corrected chi connectivity index (χ1v) is 7.75. The van der Waals surface area contributed by atoms with Crippen LogP contribution in [0.5, 0.6) is 0 Å². The lowest BCUT2D eigenvalue weighted by molar-refractivity contribution is 0.948. The molecule has 4 rings (SSSR count). The van der Waals surface area contributed by atoms with Gasteiger partial charge in [-0.25, -0.2) is 9.50 Å². The molecule has 3 nitrogen and oxygen atoms in total.